The van der Waals surface area contributed by atoms with E-state index in [1.165, 1.54) is 0 Å². The van der Waals surface area contributed by atoms with Crippen LogP contribution >= 0.6 is 0 Å². The number of ether oxygens (including phenoxy) is 1. The second-order valence-electron chi connectivity index (χ2n) is 6.60. The molecule has 1 saturated heterocycles. The molecule has 1 aromatic heterocycles. The number of carbonyl (C=O) groups is 1. The molecule has 1 aliphatic rings. The molecule has 1 aromatic carbocycles. The van der Waals surface area contributed by atoms with Crippen molar-refractivity contribution in [3.8, 4) is 5.75 Å². The van der Waals surface area contributed by atoms with Crippen molar-refractivity contribution in [2.75, 3.05) is 31.6 Å². The van der Waals surface area contributed by atoms with Gasteiger partial charge in [-0.2, -0.15) is 0 Å². The molecule has 2 heterocycles. The Balaban J connectivity index is 1.55. The number of amides is 1. The van der Waals surface area contributed by atoms with Gasteiger partial charge in [-0.3, -0.25) is 4.79 Å². The third-order valence-electron chi connectivity index (χ3n) is 4.50. The quantitative estimate of drug-likeness (QED) is 0.808. The number of benzene rings is 1. The van der Waals surface area contributed by atoms with Gasteiger partial charge in [0, 0.05) is 25.5 Å². The molecule has 3 rings (SSSR count). The number of aromatic nitrogens is 2. The second kappa shape index (κ2) is 8.14. The molecule has 138 valence electrons. The highest BCUT2D eigenvalue weighted by atomic mass is 16.5. The Hall–Kier alpha value is -2.67. The van der Waals surface area contributed by atoms with Crippen LogP contribution in [0.15, 0.2) is 42.7 Å². The molecule has 1 atom stereocenters. The third-order valence-corrected chi connectivity index (χ3v) is 4.50. The number of hydrogen-bond acceptors (Lipinski definition) is 6. The van der Waals surface area contributed by atoms with E-state index in [0.717, 1.165) is 24.3 Å². The highest BCUT2D eigenvalue weighted by molar-refractivity contribution is 5.78. The van der Waals surface area contributed by atoms with Gasteiger partial charge < -0.3 is 20.1 Å². The zero-order valence-electron chi connectivity index (χ0n) is 14.9. The van der Waals surface area contributed by atoms with E-state index in [9.17, 15) is 9.90 Å². The summed E-state index contributed by atoms with van der Waals surface area (Å²) in [4.78, 5) is 22.7. The molecule has 0 bridgehead atoms. The fraction of sp³-hybridized carbons (Fsp3) is 0.421. The Morgan fingerprint density at radius 2 is 2.15 bits per heavy atom. The van der Waals surface area contributed by atoms with E-state index in [4.69, 9.17) is 4.74 Å². The summed E-state index contributed by atoms with van der Waals surface area (Å²) < 4.78 is 5.17. The molecule has 2 aromatic rings. The van der Waals surface area contributed by atoms with Gasteiger partial charge in [0.25, 0.3) is 0 Å². The van der Waals surface area contributed by atoms with Crippen LogP contribution in [-0.2, 0) is 11.2 Å². The first-order chi connectivity index (χ1) is 12.6. The van der Waals surface area contributed by atoms with Crippen LogP contribution < -0.4 is 15.0 Å². The number of carbonyl (C=O) groups excluding carboxylic acids is 1. The minimum Gasteiger partial charge on any atom is -0.497 e. The molecule has 0 spiro atoms. The van der Waals surface area contributed by atoms with Gasteiger partial charge in [-0.15, -0.1) is 0 Å². The predicted molar refractivity (Wildman–Crippen MR) is 98.1 cm³/mol. The summed E-state index contributed by atoms with van der Waals surface area (Å²) in [6.45, 7) is 1.40. The van der Waals surface area contributed by atoms with Crippen molar-refractivity contribution in [1.29, 1.82) is 0 Å². The van der Waals surface area contributed by atoms with Crippen LogP contribution in [0.3, 0.4) is 0 Å². The van der Waals surface area contributed by atoms with Gasteiger partial charge in [0.15, 0.2) is 0 Å². The van der Waals surface area contributed by atoms with Crippen LogP contribution in [0.25, 0.3) is 0 Å². The first kappa shape index (κ1) is 18.1. The molecule has 1 amide bonds. The van der Waals surface area contributed by atoms with E-state index < -0.39 is 5.60 Å². The van der Waals surface area contributed by atoms with Gasteiger partial charge >= 0.3 is 0 Å². The Kier molecular flexibility index (Phi) is 5.68. The molecular formula is C19H24N4O3. The maximum atomic E-state index is 12.2. The summed E-state index contributed by atoms with van der Waals surface area (Å²) in [6, 6.07) is 9.17. The van der Waals surface area contributed by atoms with Crippen molar-refractivity contribution in [2.24, 2.45) is 0 Å². The number of hydrogen-bond donors (Lipinski definition) is 2. The summed E-state index contributed by atoms with van der Waals surface area (Å²) in [6.07, 6.45) is 5.08. The van der Waals surface area contributed by atoms with Crippen LogP contribution in [0.4, 0.5) is 5.95 Å². The molecule has 1 fully saturated rings. The number of β-amino-alcohol motifs (C(OH)–C–C–N with tert-alkyl or cyclic N) is 1. The summed E-state index contributed by atoms with van der Waals surface area (Å²) in [5.74, 6) is 1.20. The lowest BCUT2D eigenvalue weighted by molar-refractivity contribution is -0.121. The minimum atomic E-state index is -0.985. The smallest absolute Gasteiger partial charge is 0.225 e. The normalized spacial score (nSPS) is 19.8. The van der Waals surface area contributed by atoms with Crippen molar-refractivity contribution in [2.45, 2.75) is 24.9 Å². The van der Waals surface area contributed by atoms with Gasteiger partial charge in [-0.05, 0) is 36.6 Å². The van der Waals surface area contributed by atoms with Crippen molar-refractivity contribution in [3.63, 3.8) is 0 Å². The molecule has 7 heteroatoms. The Bertz CT molecular complexity index is 741. The van der Waals surface area contributed by atoms with Crippen molar-refractivity contribution in [3.05, 3.63) is 48.3 Å². The highest BCUT2D eigenvalue weighted by Gasteiger charge is 2.34. The topological polar surface area (TPSA) is 87.6 Å². The standard InChI is InChI=1S/C19H24N4O3/c1-26-16-6-2-5-15(11-16)12-17(24)22-13-19(25)7-3-10-23(14-19)18-20-8-4-9-21-18/h2,4-6,8-9,11,25H,3,7,10,12-14H2,1H3,(H,22,24)/t19-/m0/s1. The van der Waals surface area contributed by atoms with Crippen LogP contribution in [-0.4, -0.2) is 53.3 Å². The fourth-order valence-corrected chi connectivity index (χ4v) is 3.18. The van der Waals surface area contributed by atoms with E-state index in [1.54, 1.807) is 25.6 Å². The summed E-state index contributed by atoms with van der Waals surface area (Å²) in [5.41, 5.74) is -0.113. The van der Waals surface area contributed by atoms with Gasteiger partial charge in [-0.25, -0.2) is 9.97 Å². The molecule has 0 radical (unpaired) electrons. The van der Waals surface area contributed by atoms with Gasteiger partial charge in [0.05, 0.1) is 25.7 Å². The van der Waals surface area contributed by atoms with Crippen molar-refractivity contribution >= 4 is 11.9 Å². The number of nitrogens with zero attached hydrogens (tertiary/aromatic N) is 3. The number of rotatable bonds is 6. The number of aliphatic hydroxyl groups is 1. The van der Waals surface area contributed by atoms with Crippen LogP contribution in [0, 0.1) is 0 Å². The molecule has 26 heavy (non-hydrogen) atoms. The maximum absolute atomic E-state index is 12.2. The number of nitrogens with one attached hydrogen (secondary N) is 1. The first-order valence-electron chi connectivity index (χ1n) is 8.72. The monoisotopic (exact) mass is 356 g/mol. The van der Waals surface area contributed by atoms with Gasteiger partial charge in [0.2, 0.25) is 11.9 Å². The Morgan fingerprint density at radius 3 is 2.92 bits per heavy atom. The predicted octanol–water partition coefficient (Wildman–Crippen LogP) is 1.18. The average molecular weight is 356 g/mol. The van der Waals surface area contributed by atoms with Crippen molar-refractivity contribution in [1.82, 2.24) is 15.3 Å². The largest absolute Gasteiger partial charge is 0.497 e. The molecule has 1 aliphatic heterocycles. The second-order valence-corrected chi connectivity index (χ2v) is 6.60. The number of methoxy groups -OCH3 is 1. The van der Waals surface area contributed by atoms with Crippen LogP contribution in [0.2, 0.25) is 0 Å². The third kappa shape index (κ3) is 4.70. The summed E-state index contributed by atoms with van der Waals surface area (Å²) >= 11 is 0. The molecule has 0 unspecified atom stereocenters. The van der Waals surface area contributed by atoms with Gasteiger partial charge in [-0.1, -0.05) is 12.1 Å². The Morgan fingerprint density at radius 1 is 1.35 bits per heavy atom. The molecule has 7 nitrogen and oxygen atoms in total. The average Bonchev–Trinajstić information content (AvgIpc) is 2.67. The number of piperidine rings is 1. The number of anilines is 1. The zero-order valence-corrected chi connectivity index (χ0v) is 14.9. The molecule has 0 saturated carbocycles. The zero-order chi connectivity index (χ0) is 18.4. The van der Waals surface area contributed by atoms with E-state index in [1.807, 2.05) is 29.2 Å². The highest BCUT2D eigenvalue weighted by Crippen LogP contribution is 2.23. The SMILES string of the molecule is COc1cccc(CC(=O)NC[C@@]2(O)CCCN(c3ncccn3)C2)c1. The van der Waals surface area contributed by atoms with Crippen LogP contribution in [0.5, 0.6) is 5.75 Å². The molecule has 0 aliphatic carbocycles. The molecular weight excluding hydrogens is 332 g/mol. The lowest BCUT2D eigenvalue weighted by atomic mass is 9.93. The molecule has 2 N–H and O–H groups in total. The van der Waals surface area contributed by atoms with Crippen molar-refractivity contribution < 1.29 is 14.6 Å². The van der Waals surface area contributed by atoms with Crippen LogP contribution in [0.1, 0.15) is 18.4 Å². The lowest BCUT2D eigenvalue weighted by Gasteiger charge is -2.39. The lowest BCUT2D eigenvalue weighted by Crippen LogP contribution is -2.54. The fourth-order valence-electron chi connectivity index (χ4n) is 3.18. The van der Waals surface area contributed by atoms with E-state index in [2.05, 4.69) is 15.3 Å². The first-order valence-corrected chi connectivity index (χ1v) is 8.72. The summed E-state index contributed by atoms with van der Waals surface area (Å²) in [5, 5.41) is 13.7. The Labute approximate surface area is 153 Å². The van der Waals surface area contributed by atoms with E-state index in [-0.39, 0.29) is 18.9 Å². The minimum absolute atomic E-state index is 0.125. The summed E-state index contributed by atoms with van der Waals surface area (Å²) in [7, 11) is 1.60. The maximum Gasteiger partial charge on any atom is 0.225 e. The van der Waals surface area contributed by atoms with E-state index >= 15 is 0 Å². The van der Waals surface area contributed by atoms with E-state index in [0.29, 0.717) is 18.9 Å². The van der Waals surface area contributed by atoms with Gasteiger partial charge in [0.1, 0.15) is 5.75 Å².